The molecule has 0 spiro atoms. The second-order valence-electron chi connectivity index (χ2n) is 7.74. The van der Waals surface area contributed by atoms with E-state index in [0.717, 1.165) is 29.0 Å². The second kappa shape index (κ2) is 7.26. The van der Waals surface area contributed by atoms with Crippen LogP contribution in [0.3, 0.4) is 0 Å². The predicted molar refractivity (Wildman–Crippen MR) is 111 cm³/mol. The Morgan fingerprint density at radius 2 is 1.93 bits per heavy atom. The minimum absolute atomic E-state index is 0.111. The minimum Gasteiger partial charge on any atom is -0.496 e. The molecule has 1 heterocycles. The summed E-state index contributed by atoms with van der Waals surface area (Å²) in [6.45, 7) is 3.65. The molecule has 2 aromatic carbocycles. The molecule has 2 aromatic rings. The lowest BCUT2D eigenvalue weighted by molar-refractivity contribution is 0.381. The summed E-state index contributed by atoms with van der Waals surface area (Å²) >= 11 is 0. The normalized spacial score (nSPS) is 23.2. The minimum atomic E-state index is -3.52. The lowest BCUT2D eigenvalue weighted by Crippen LogP contribution is -2.32. The average molecular weight is 399 g/mol. The lowest BCUT2D eigenvalue weighted by atomic mass is 9.77. The van der Waals surface area contributed by atoms with E-state index < -0.39 is 10.0 Å². The monoisotopic (exact) mass is 398 g/mol. The maximum absolute atomic E-state index is 12.6. The molecule has 0 saturated carbocycles. The first-order valence-corrected chi connectivity index (χ1v) is 11.1. The zero-order chi connectivity index (χ0) is 19.9. The van der Waals surface area contributed by atoms with Gasteiger partial charge in [-0.25, -0.2) is 13.1 Å². The van der Waals surface area contributed by atoms with E-state index in [4.69, 9.17) is 4.74 Å². The van der Waals surface area contributed by atoms with Crippen molar-refractivity contribution in [3.8, 4) is 5.75 Å². The Morgan fingerprint density at radius 1 is 1.14 bits per heavy atom. The van der Waals surface area contributed by atoms with E-state index in [-0.39, 0.29) is 18.0 Å². The molecule has 1 aliphatic heterocycles. The van der Waals surface area contributed by atoms with E-state index in [1.807, 2.05) is 44.2 Å². The predicted octanol–water partition coefficient (Wildman–Crippen LogP) is 4.21. The first-order valence-electron chi connectivity index (χ1n) is 9.63. The van der Waals surface area contributed by atoms with E-state index in [9.17, 15) is 8.42 Å². The molecule has 148 valence electrons. The Labute approximate surface area is 166 Å². The van der Waals surface area contributed by atoms with Crippen LogP contribution in [0, 0.1) is 5.92 Å². The summed E-state index contributed by atoms with van der Waals surface area (Å²) in [4.78, 5) is 0.316. The van der Waals surface area contributed by atoms with Crippen LogP contribution < -0.4 is 14.8 Å². The van der Waals surface area contributed by atoms with Crippen molar-refractivity contribution in [2.75, 3.05) is 12.4 Å². The summed E-state index contributed by atoms with van der Waals surface area (Å²) in [6.07, 6.45) is 5.35. The van der Waals surface area contributed by atoms with Gasteiger partial charge in [0.1, 0.15) is 5.75 Å². The molecule has 0 radical (unpaired) electrons. The summed E-state index contributed by atoms with van der Waals surface area (Å²) < 4.78 is 33.5. The van der Waals surface area contributed by atoms with Crippen LogP contribution in [-0.4, -0.2) is 21.6 Å². The van der Waals surface area contributed by atoms with Crippen LogP contribution >= 0.6 is 0 Å². The van der Waals surface area contributed by atoms with Crippen LogP contribution in [0.4, 0.5) is 5.69 Å². The van der Waals surface area contributed by atoms with E-state index in [2.05, 4.69) is 28.3 Å². The van der Waals surface area contributed by atoms with Gasteiger partial charge in [0, 0.05) is 23.2 Å². The van der Waals surface area contributed by atoms with Gasteiger partial charge in [-0.3, -0.25) is 0 Å². The van der Waals surface area contributed by atoms with Gasteiger partial charge in [-0.1, -0.05) is 30.4 Å². The van der Waals surface area contributed by atoms with Crippen LogP contribution in [-0.2, 0) is 10.0 Å². The summed E-state index contributed by atoms with van der Waals surface area (Å²) in [5, 5.41) is 3.64. The van der Waals surface area contributed by atoms with E-state index in [1.165, 1.54) is 0 Å². The number of fused-ring (bicyclic) bond motifs is 3. The highest BCUT2D eigenvalue weighted by Crippen LogP contribution is 2.51. The number of para-hydroxylation sites is 1. The van der Waals surface area contributed by atoms with Crippen molar-refractivity contribution in [3.05, 3.63) is 65.7 Å². The fourth-order valence-corrected chi connectivity index (χ4v) is 5.64. The van der Waals surface area contributed by atoms with Gasteiger partial charge in [-0.15, -0.1) is 0 Å². The molecular formula is C22H26N2O3S. The number of hydrogen-bond donors (Lipinski definition) is 2. The standard InChI is InChI=1S/C22H26N2O3S/c1-14(2)24-28(25,26)15-11-12-20-19(13-15)16-8-6-9-17(16)22(23-20)18-7-4-5-10-21(18)27-3/h4-8,10-14,16-17,22-24H,9H2,1-3H3. The molecule has 0 aromatic heterocycles. The SMILES string of the molecule is COc1ccccc1C1Nc2ccc(S(=O)(=O)NC(C)C)cc2C2C=CCC21. The maximum atomic E-state index is 12.6. The number of sulfonamides is 1. The topological polar surface area (TPSA) is 67.4 Å². The van der Waals surface area contributed by atoms with Gasteiger partial charge < -0.3 is 10.1 Å². The zero-order valence-corrected chi connectivity index (χ0v) is 17.2. The van der Waals surface area contributed by atoms with Gasteiger partial charge in [-0.05, 0) is 56.0 Å². The third-order valence-corrected chi connectivity index (χ3v) is 7.17. The van der Waals surface area contributed by atoms with E-state index in [1.54, 1.807) is 13.2 Å². The largest absolute Gasteiger partial charge is 0.496 e. The molecule has 0 fully saturated rings. The molecule has 2 N–H and O–H groups in total. The Bertz CT molecular complexity index is 1010. The molecule has 1 aliphatic carbocycles. The van der Waals surface area contributed by atoms with Crippen molar-refractivity contribution in [3.63, 3.8) is 0 Å². The van der Waals surface area contributed by atoms with Crippen molar-refractivity contribution in [2.45, 2.75) is 43.2 Å². The first kappa shape index (κ1) is 19.0. The van der Waals surface area contributed by atoms with Crippen molar-refractivity contribution in [2.24, 2.45) is 5.92 Å². The zero-order valence-electron chi connectivity index (χ0n) is 16.3. The van der Waals surface area contributed by atoms with Crippen LogP contribution in [0.25, 0.3) is 0 Å². The second-order valence-corrected chi connectivity index (χ2v) is 9.46. The van der Waals surface area contributed by atoms with Crippen molar-refractivity contribution in [1.29, 1.82) is 0 Å². The number of ether oxygens (including phenoxy) is 1. The number of anilines is 1. The van der Waals surface area contributed by atoms with Crippen LogP contribution in [0.15, 0.2) is 59.5 Å². The molecule has 6 heteroatoms. The third-order valence-electron chi connectivity index (χ3n) is 5.51. The Balaban J connectivity index is 1.75. The van der Waals surface area contributed by atoms with Crippen LogP contribution in [0.1, 0.15) is 43.4 Å². The van der Waals surface area contributed by atoms with Crippen molar-refractivity contribution in [1.82, 2.24) is 4.72 Å². The number of benzene rings is 2. The van der Waals surface area contributed by atoms with Gasteiger partial charge in [0.15, 0.2) is 0 Å². The summed E-state index contributed by atoms with van der Waals surface area (Å²) in [6, 6.07) is 13.4. The Morgan fingerprint density at radius 3 is 2.68 bits per heavy atom. The highest BCUT2D eigenvalue weighted by Gasteiger charge is 2.39. The molecule has 2 aliphatic rings. The smallest absolute Gasteiger partial charge is 0.240 e. The highest BCUT2D eigenvalue weighted by atomic mass is 32.2. The number of nitrogens with one attached hydrogen (secondary N) is 2. The summed E-state index contributed by atoms with van der Waals surface area (Å²) in [7, 11) is -1.83. The van der Waals surface area contributed by atoms with Gasteiger partial charge in [0.05, 0.1) is 18.0 Å². The van der Waals surface area contributed by atoms with Gasteiger partial charge in [-0.2, -0.15) is 0 Å². The number of allylic oxidation sites excluding steroid dienone is 2. The van der Waals surface area contributed by atoms with Crippen LogP contribution in [0.5, 0.6) is 5.75 Å². The third kappa shape index (κ3) is 3.31. The molecular weight excluding hydrogens is 372 g/mol. The number of methoxy groups -OCH3 is 1. The van der Waals surface area contributed by atoms with Gasteiger partial charge in [0.2, 0.25) is 10.0 Å². The maximum Gasteiger partial charge on any atom is 0.240 e. The summed E-state index contributed by atoms with van der Waals surface area (Å²) in [5.41, 5.74) is 3.15. The van der Waals surface area contributed by atoms with Crippen molar-refractivity contribution < 1.29 is 13.2 Å². The summed E-state index contributed by atoms with van der Waals surface area (Å²) in [5.74, 6) is 1.37. The highest BCUT2D eigenvalue weighted by molar-refractivity contribution is 7.89. The van der Waals surface area contributed by atoms with E-state index >= 15 is 0 Å². The molecule has 3 atom stereocenters. The van der Waals surface area contributed by atoms with Crippen LogP contribution in [0.2, 0.25) is 0 Å². The molecule has 3 unspecified atom stereocenters. The van der Waals surface area contributed by atoms with Gasteiger partial charge >= 0.3 is 0 Å². The fraction of sp³-hybridized carbons (Fsp3) is 0.364. The van der Waals surface area contributed by atoms with E-state index in [0.29, 0.717) is 10.8 Å². The van der Waals surface area contributed by atoms with Gasteiger partial charge in [0.25, 0.3) is 0 Å². The Hall–Kier alpha value is -2.31. The molecule has 0 saturated heterocycles. The Kier molecular flexibility index (Phi) is 4.93. The number of rotatable bonds is 5. The quantitative estimate of drug-likeness (QED) is 0.741. The molecule has 4 rings (SSSR count). The molecule has 5 nitrogen and oxygen atoms in total. The fourth-order valence-electron chi connectivity index (χ4n) is 4.35. The lowest BCUT2D eigenvalue weighted by Gasteiger charge is -2.38. The molecule has 0 bridgehead atoms. The van der Waals surface area contributed by atoms with Crippen molar-refractivity contribution >= 4 is 15.7 Å². The molecule has 0 amide bonds. The number of hydrogen-bond acceptors (Lipinski definition) is 4. The average Bonchev–Trinajstić information content (AvgIpc) is 3.16. The first-order chi connectivity index (χ1) is 13.4. The molecule has 28 heavy (non-hydrogen) atoms.